The lowest BCUT2D eigenvalue weighted by Gasteiger charge is -2.09. The Morgan fingerprint density at radius 2 is 2.00 bits per heavy atom. The Morgan fingerprint density at radius 3 is 2.63 bits per heavy atom. The minimum absolute atomic E-state index is 0.0156. The van der Waals surface area contributed by atoms with Crippen LogP contribution in [0.2, 0.25) is 0 Å². The number of carbonyl (C=O) groups is 2. The molecule has 2 N–H and O–H groups in total. The molecule has 0 spiro atoms. The number of hydrogen-bond acceptors (Lipinski definition) is 3. The van der Waals surface area contributed by atoms with E-state index in [9.17, 15) is 9.59 Å². The minimum atomic E-state index is -0.208. The molecule has 0 heterocycles. The van der Waals surface area contributed by atoms with Gasteiger partial charge in [-0.2, -0.15) is 0 Å². The van der Waals surface area contributed by atoms with Crippen LogP contribution in [0.3, 0.4) is 0 Å². The van der Waals surface area contributed by atoms with Gasteiger partial charge < -0.3 is 10.6 Å². The van der Waals surface area contributed by atoms with Gasteiger partial charge in [0.25, 0.3) is 5.91 Å². The van der Waals surface area contributed by atoms with Crippen molar-refractivity contribution in [1.82, 2.24) is 10.6 Å². The van der Waals surface area contributed by atoms with Crippen LogP contribution >= 0.6 is 11.8 Å². The molecule has 0 aliphatic carbocycles. The Labute approximate surface area is 118 Å². The minimum Gasteiger partial charge on any atom is -0.355 e. The second-order valence-electron chi connectivity index (χ2n) is 4.21. The number of benzene rings is 1. The van der Waals surface area contributed by atoms with E-state index < -0.39 is 0 Å². The highest BCUT2D eigenvalue weighted by atomic mass is 32.2. The molecule has 0 saturated carbocycles. The summed E-state index contributed by atoms with van der Waals surface area (Å²) in [4.78, 5) is 24.5. The first kappa shape index (κ1) is 15.6. The van der Waals surface area contributed by atoms with Crippen molar-refractivity contribution in [3.05, 3.63) is 29.3 Å². The zero-order valence-electron chi connectivity index (χ0n) is 11.6. The monoisotopic (exact) mass is 280 g/mol. The van der Waals surface area contributed by atoms with Crippen molar-refractivity contribution in [2.45, 2.75) is 25.2 Å². The third-order valence-corrected chi connectivity index (χ3v) is 3.40. The summed E-state index contributed by atoms with van der Waals surface area (Å²) in [5.41, 5.74) is 1.53. The van der Waals surface area contributed by atoms with Gasteiger partial charge in [-0.05, 0) is 37.3 Å². The molecule has 0 aromatic heterocycles. The lowest BCUT2D eigenvalue weighted by Crippen LogP contribution is -2.37. The normalized spacial score (nSPS) is 10.1. The Kier molecular flexibility index (Phi) is 6.42. The Morgan fingerprint density at radius 1 is 1.26 bits per heavy atom. The van der Waals surface area contributed by atoms with Gasteiger partial charge in [0.2, 0.25) is 5.91 Å². The average molecular weight is 280 g/mol. The molecule has 0 aliphatic heterocycles. The number of thioether (sulfide) groups is 1. The van der Waals surface area contributed by atoms with Crippen LogP contribution in [0.1, 0.15) is 29.3 Å². The first-order valence-corrected chi connectivity index (χ1v) is 7.50. The van der Waals surface area contributed by atoms with Gasteiger partial charge in [-0.15, -0.1) is 11.8 Å². The van der Waals surface area contributed by atoms with Crippen molar-refractivity contribution >= 4 is 23.6 Å². The third-order valence-electron chi connectivity index (χ3n) is 2.67. The van der Waals surface area contributed by atoms with Gasteiger partial charge in [-0.1, -0.05) is 13.0 Å². The van der Waals surface area contributed by atoms with E-state index in [-0.39, 0.29) is 18.4 Å². The molecule has 1 aromatic rings. The Balaban J connectivity index is 2.60. The molecule has 0 aliphatic rings. The summed E-state index contributed by atoms with van der Waals surface area (Å²) < 4.78 is 0. The van der Waals surface area contributed by atoms with Gasteiger partial charge in [0, 0.05) is 17.0 Å². The van der Waals surface area contributed by atoms with E-state index in [1.54, 1.807) is 11.8 Å². The van der Waals surface area contributed by atoms with Crippen molar-refractivity contribution in [1.29, 1.82) is 0 Å². The number of carbonyl (C=O) groups excluding carboxylic acids is 2. The molecule has 1 rings (SSSR count). The molecule has 0 bridgehead atoms. The number of amides is 2. The highest BCUT2D eigenvalue weighted by Crippen LogP contribution is 2.18. The van der Waals surface area contributed by atoms with Crippen molar-refractivity contribution < 1.29 is 9.59 Å². The van der Waals surface area contributed by atoms with Gasteiger partial charge in [0.05, 0.1) is 6.54 Å². The number of rotatable bonds is 6. The van der Waals surface area contributed by atoms with Crippen molar-refractivity contribution in [2.24, 2.45) is 0 Å². The highest BCUT2D eigenvalue weighted by Gasteiger charge is 2.11. The smallest absolute Gasteiger partial charge is 0.252 e. The Hall–Kier alpha value is -1.49. The largest absolute Gasteiger partial charge is 0.355 e. The third kappa shape index (κ3) is 4.95. The molecular weight excluding hydrogens is 260 g/mol. The summed E-state index contributed by atoms with van der Waals surface area (Å²) in [6.07, 6.45) is 2.85. The molecule has 1 aromatic carbocycles. The first-order valence-electron chi connectivity index (χ1n) is 6.28. The summed E-state index contributed by atoms with van der Waals surface area (Å²) >= 11 is 1.59. The SMILES string of the molecule is CCCNC(=O)CNC(=O)c1cc(SC)ccc1C. The van der Waals surface area contributed by atoms with Gasteiger partial charge in [-0.3, -0.25) is 9.59 Å². The van der Waals surface area contributed by atoms with Gasteiger partial charge in [0.15, 0.2) is 0 Å². The summed E-state index contributed by atoms with van der Waals surface area (Å²) in [5, 5.41) is 5.36. The van der Waals surface area contributed by atoms with Crippen LogP contribution in [0.25, 0.3) is 0 Å². The van der Waals surface area contributed by atoms with E-state index in [0.717, 1.165) is 16.9 Å². The molecule has 0 radical (unpaired) electrons. The average Bonchev–Trinajstić information content (AvgIpc) is 2.43. The van der Waals surface area contributed by atoms with E-state index in [4.69, 9.17) is 0 Å². The lowest BCUT2D eigenvalue weighted by molar-refractivity contribution is -0.120. The molecule has 19 heavy (non-hydrogen) atoms. The zero-order valence-corrected chi connectivity index (χ0v) is 12.4. The maximum atomic E-state index is 12.0. The molecule has 5 heteroatoms. The fourth-order valence-electron chi connectivity index (χ4n) is 1.56. The number of hydrogen-bond donors (Lipinski definition) is 2. The van der Waals surface area contributed by atoms with Crippen molar-refractivity contribution in [3.8, 4) is 0 Å². The van der Waals surface area contributed by atoms with E-state index >= 15 is 0 Å². The summed E-state index contributed by atoms with van der Waals surface area (Å²) in [6, 6.07) is 5.74. The standard InChI is InChI=1S/C14H20N2O2S/c1-4-7-15-13(17)9-16-14(18)12-8-11(19-3)6-5-10(12)2/h5-6,8H,4,7,9H2,1-3H3,(H,15,17)(H,16,18). The number of nitrogens with one attached hydrogen (secondary N) is 2. The van der Waals surface area contributed by atoms with Crippen LogP contribution < -0.4 is 10.6 Å². The first-order chi connectivity index (χ1) is 9.08. The molecule has 0 fully saturated rings. The quantitative estimate of drug-likeness (QED) is 0.783. The van der Waals surface area contributed by atoms with Crippen LogP contribution in [0, 0.1) is 6.92 Å². The molecular formula is C14H20N2O2S. The second-order valence-corrected chi connectivity index (χ2v) is 5.09. The molecule has 2 amide bonds. The fourth-order valence-corrected chi connectivity index (χ4v) is 2.00. The van der Waals surface area contributed by atoms with E-state index in [1.165, 1.54) is 0 Å². The van der Waals surface area contributed by atoms with Crippen LogP contribution in [0.5, 0.6) is 0 Å². The van der Waals surface area contributed by atoms with Crippen LogP contribution in [-0.2, 0) is 4.79 Å². The maximum absolute atomic E-state index is 12.0. The molecule has 0 unspecified atom stereocenters. The predicted octanol–water partition coefficient (Wildman–Crippen LogP) is 1.97. The van der Waals surface area contributed by atoms with Gasteiger partial charge >= 0.3 is 0 Å². The lowest BCUT2D eigenvalue weighted by atomic mass is 10.1. The predicted molar refractivity (Wildman–Crippen MR) is 78.6 cm³/mol. The summed E-state index contributed by atoms with van der Waals surface area (Å²) in [5.74, 6) is -0.367. The molecule has 104 valence electrons. The van der Waals surface area contributed by atoms with E-state index in [1.807, 2.05) is 38.3 Å². The second kappa shape index (κ2) is 7.84. The van der Waals surface area contributed by atoms with Crippen LogP contribution in [0.15, 0.2) is 23.1 Å². The topological polar surface area (TPSA) is 58.2 Å². The highest BCUT2D eigenvalue weighted by molar-refractivity contribution is 7.98. The molecule has 0 atom stereocenters. The molecule has 4 nitrogen and oxygen atoms in total. The van der Waals surface area contributed by atoms with E-state index in [0.29, 0.717) is 12.1 Å². The van der Waals surface area contributed by atoms with E-state index in [2.05, 4.69) is 10.6 Å². The van der Waals surface area contributed by atoms with Gasteiger partial charge in [-0.25, -0.2) is 0 Å². The Bertz CT molecular complexity index is 461. The molecule has 0 saturated heterocycles. The summed E-state index contributed by atoms with van der Waals surface area (Å²) in [6.45, 7) is 4.52. The van der Waals surface area contributed by atoms with Crippen LogP contribution in [0.4, 0.5) is 0 Å². The van der Waals surface area contributed by atoms with Crippen molar-refractivity contribution in [3.63, 3.8) is 0 Å². The number of aryl methyl sites for hydroxylation is 1. The van der Waals surface area contributed by atoms with Crippen molar-refractivity contribution in [2.75, 3.05) is 19.3 Å². The fraction of sp³-hybridized carbons (Fsp3) is 0.429. The summed E-state index contributed by atoms with van der Waals surface area (Å²) in [7, 11) is 0. The maximum Gasteiger partial charge on any atom is 0.252 e. The zero-order chi connectivity index (χ0) is 14.3. The van der Waals surface area contributed by atoms with Gasteiger partial charge in [0.1, 0.15) is 0 Å². The van der Waals surface area contributed by atoms with Crippen LogP contribution in [-0.4, -0.2) is 31.2 Å².